The molecule has 3 heteroatoms. The van der Waals surface area contributed by atoms with Gasteiger partial charge in [-0.25, -0.2) is 4.79 Å². The zero-order valence-corrected chi connectivity index (χ0v) is 9.86. The number of hydrogen-bond acceptors (Lipinski definition) is 2. The van der Waals surface area contributed by atoms with Crippen LogP contribution in [0.3, 0.4) is 0 Å². The van der Waals surface area contributed by atoms with Crippen molar-refractivity contribution in [3.63, 3.8) is 0 Å². The fourth-order valence-corrected chi connectivity index (χ4v) is 2.18. The maximum absolute atomic E-state index is 10.5. The monoisotopic (exact) mass is 211 g/mol. The summed E-state index contributed by atoms with van der Waals surface area (Å²) in [5.41, 5.74) is 0.934. The van der Waals surface area contributed by atoms with Gasteiger partial charge < -0.3 is 5.11 Å². The van der Waals surface area contributed by atoms with E-state index in [1.807, 2.05) is 6.92 Å². The molecule has 1 saturated heterocycles. The van der Waals surface area contributed by atoms with Gasteiger partial charge in [-0.05, 0) is 32.6 Å². The zero-order valence-electron chi connectivity index (χ0n) is 9.86. The summed E-state index contributed by atoms with van der Waals surface area (Å²) in [6, 6.07) is 0.582. The summed E-state index contributed by atoms with van der Waals surface area (Å²) in [5, 5.41) is 8.64. The average Bonchev–Trinajstić information content (AvgIpc) is 2.10. The maximum Gasteiger partial charge on any atom is 0.328 e. The van der Waals surface area contributed by atoms with Crippen molar-refractivity contribution in [2.75, 3.05) is 13.1 Å². The van der Waals surface area contributed by atoms with Crippen LogP contribution in [0.4, 0.5) is 0 Å². The Hall–Kier alpha value is -0.830. The van der Waals surface area contributed by atoms with Crippen LogP contribution in [0.2, 0.25) is 0 Å². The maximum atomic E-state index is 10.5. The minimum absolute atomic E-state index is 0.582. The first-order chi connectivity index (χ1) is 6.99. The van der Waals surface area contributed by atoms with E-state index in [-0.39, 0.29) is 0 Å². The molecule has 0 bridgehead atoms. The van der Waals surface area contributed by atoms with Gasteiger partial charge in [0.25, 0.3) is 0 Å². The minimum Gasteiger partial charge on any atom is -0.478 e. The number of carbonyl (C=O) groups is 1. The predicted molar refractivity (Wildman–Crippen MR) is 60.8 cm³/mol. The van der Waals surface area contributed by atoms with Gasteiger partial charge in [0, 0.05) is 25.2 Å². The van der Waals surface area contributed by atoms with Crippen LogP contribution in [-0.2, 0) is 4.79 Å². The zero-order chi connectivity index (χ0) is 11.4. The molecular weight excluding hydrogens is 190 g/mol. The molecule has 0 aromatic heterocycles. The molecule has 1 aliphatic heterocycles. The first kappa shape index (κ1) is 12.2. The van der Waals surface area contributed by atoms with Crippen molar-refractivity contribution < 1.29 is 9.90 Å². The standard InChI is InChI=1S/C12H21NO2/c1-9-4-5-11(3)13(7-9)8-10(2)6-12(14)15/h6,9,11H,4-5,7-8H2,1-3H3,(H,14,15)/b10-6+. The van der Waals surface area contributed by atoms with Crippen LogP contribution in [-0.4, -0.2) is 35.1 Å². The third kappa shape index (κ3) is 4.04. The Balaban J connectivity index is 2.52. The molecule has 0 aromatic carbocycles. The highest BCUT2D eigenvalue weighted by Crippen LogP contribution is 2.21. The van der Waals surface area contributed by atoms with Gasteiger partial charge in [0.1, 0.15) is 0 Å². The second kappa shape index (κ2) is 5.31. The molecular formula is C12H21NO2. The second-order valence-electron chi connectivity index (χ2n) is 4.79. The average molecular weight is 211 g/mol. The summed E-state index contributed by atoms with van der Waals surface area (Å²) < 4.78 is 0. The van der Waals surface area contributed by atoms with Crippen LogP contribution in [0, 0.1) is 5.92 Å². The number of aliphatic carboxylic acids is 1. The molecule has 0 aliphatic carbocycles. The number of hydrogen-bond donors (Lipinski definition) is 1. The van der Waals surface area contributed by atoms with Crippen molar-refractivity contribution in [1.82, 2.24) is 4.90 Å². The molecule has 1 fully saturated rings. The topological polar surface area (TPSA) is 40.5 Å². The van der Waals surface area contributed by atoms with Crippen molar-refractivity contribution in [3.05, 3.63) is 11.6 Å². The molecule has 3 nitrogen and oxygen atoms in total. The Labute approximate surface area is 91.8 Å². The molecule has 0 amide bonds. The number of piperidine rings is 1. The number of likely N-dealkylation sites (tertiary alicyclic amines) is 1. The highest BCUT2D eigenvalue weighted by Gasteiger charge is 2.22. The summed E-state index contributed by atoms with van der Waals surface area (Å²) >= 11 is 0. The molecule has 1 aliphatic rings. The largest absolute Gasteiger partial charge is 0.478 e. The van der Waals surface area contributed by atoms with Crippen LogP contribution in [0.15, 0.2) is 11.6 Å². The lowest BCUT2D eigenvalue weighted by atomic mass is 9.94. The SMILES string of the molecule is C/C(=C\C(=O)O)CN1CC(C)CCC1C. The molecule has 2 atom stereocenters. The Morgan fingerprint density at radius 2 is 2.13 bits per heavy atom. The molecule has 2 unspecified atom stereocenters. The molecule has 1 N–H and O–H groups in total. The minimum atomic E-state index is -0.842. The van der Waals surface area contributed by atoms with Gasteiger partial charge in [0.15, 0.2) is 0 Å². The van der Waals surface area contributed by atoms with Crippen molar-refractivity contribution in [2.24, 2.45) is 5.92 Å². The van der Waals surface area contributed by atoms with E-state index in [0.29, 0.717) is 6.04 Å². The molecule has 0 aromatic rings. The molecule has 0 saturated carbocycles. The first-order valence-electron chi connectivity index (χ1n) is 5.63. The van der Waals surface area contributed by atoms with Crippen LogP contribution in [0.1, 0.15) is 33.6 Å². The Morgan fingerprint density at radius 1 is 1.47 bits per heavy atom. The third-order valence-electron chi connectivity index (χ3n) is 3.07. The Kier molecular flexibility index (Phi) is 4.33. The lowest BCUT2D eigenvalue weighted by Gasteiger charge is -2.36. The van der Waals surface area contributed by atoms with E-state index in [1.54, 1.807) is 0 Å². The molecule has 0 radical (unpaired) electrons. The quantitative estimate of drug-likeness (QED) is 0.727. The third-order valence-corrected chi connectivity index (χ3v) is 3.07. The van der Waals surface area contributed by atoms with Crippen molar-refractivity contribution in [1.29, 1.82) is 0 Å². The van der Waals surface area contributed by atoms with Crippen molar-refractivity contribution in [3.8, 4) is 0 Å². The van der Waals surface area contributed by atoms with Crippen LogP contribution < -0.4 is 0 Å². The van der Waals surface area contributed by atoms with E-state index in [0.717, 1.165) is 24.6 Å². The summed E-state index contributed by atoms with van der Waals surface area (Å²) in [5.74, 6) is -0.107. The predicted octanol–water partition coefficient (Wildman–Crippen LogP) is 2.14. The van der Waals surface area contributed by atoms with Crippen molar-refractivity contribution >= 4 is 5.97 Å². The number of carboxylic acids is 1. The van der Waals surface area contributed by atoms with Gasteiger partial charge in [0.2, 0.25) is 0 Å². The molecule has 1 heterocycles. The highest BCUT2D eigenvalue weighted by molar-refractivity contribution is 5.80. The van der Waals surface area contributed by atoms with Gasteiger partial charge in [0.05, 0.1) is 0 Å². The van der Waals surface area contributed by atoms with Crippen LogP contribution >= 0.6 is 0 Å². The van der Waals surface area contributed by atoms with Crippen molar-refractivity contribution in [2.45, 2.75) is 39.7 Å². The van der Waals surface area contributed by atoms with E-state index in [1.165, 1.54) is 18.9 Å². The van der Waals surface area contributed by atoms with E-state index in [2.05, 4.69) is 18.7 Å². The summed E-state index contributed by atoms with van der Waals surface area (Å²) in [4.78, 5) is 12.9. The molecule has 1 rings (SSSR count). The van der Waals surface area contributed by atoms with Gasteiger partial charge >= 0.3 is 5.97 Å². The smallest absolute Gasteiger partial charge is 0.328 e. The summed E-state index contributed by atoms with van der Waals surface area (Å²) in [7, 11) is 0. The van der Waals surface area contributed by atoms with E-state index in [9.17, 15) is 4.79 Å². The van der Waals surface area contributed by atoms with E-state index >= 15 is 0 Å². The number of carboxylic acid groups (broad SMARTS) is 1. The van der Waals surface area contributed by atoms with Gasteiger partial charge in [-0.15, -0.1) is 0 Å². The molecule has 15 heavy (non-hydrogen) atoms. The van der Waals surface area contributed by atoms with Crippen LogP contribution in [0.5, 0.6) is 0 Å². The lowest BCUT2D eigenvalue weighted by Crippen LogP contribution is -2.41. The summed E-state index contributed by atoms with van der Waals surface area (Å²) in [6.45, 7) is 8.25. The van der Waals surface area contributed by atoms with E-state index < -0.39 is 5.97 Å². The summed E-state index contributed by atoms with van der Waals surface area (Å²) in [6.07, 6.45) is 3.83. The molecule has 86 valence electrons. The highest BCUT2D eigenvalue weighted by atomic mass is 16.4. The van der Waals surface area contributed by atoms with Gasteiger partial charge in [-0.1, -0.05) is 12.5 Å². The second-order valence-corrected chi connectivity index (χ2v) is 4.79. The Bertz CT molecular complexity index is 260. The fourth-order valence-electron chi connectivity index (χ4n) is 2.18. The number of rotatable bonds is 3. The van der Waals surface area contributed by atoms with Gasteiger partial charge in [-0.3, -0.25) is 4.90 Å². The van der Waals surface area contributed by atoms with E-state index in [4.69, 9.17) is 5.11 Å². The first-order valence-corrected chi connectivity index (χ1v) is 5.63. The Morgan fingerprint density at radius 3 is 2.73 bits per heavy atom. The van der Waals surface area contributed by atoms with Gasteiger partial charge in [-0.2, -0.15) is 0 Å². The van der Waals surface area contributed by atoms with Crippen LogP contribution in [0.25, 0.3) is 0 Å². The normalized spacial score (nSPS) is 29.1. The number of nitrogens with zero attached hydrogens (tertiary/aromatic N) is 1. The molecule has 0 spiro atoms. The fraction of sp³-hybridized carbons (Fsp3) is 0.750. The lowest BCUT2D eigenvalue weighted by molar-refractivity contribution is -0.131.